The first-order chi connectivity index (χ1) is 18.4. The van der Waals surface area contributed by atoms with Gasteiger partial charge in [-0.3, -0.25) is 19.8 Å². The third kappa shape index (κ3) is 4.83. The van der Waals surface area contributed by atoms with E-state index in [2.05, 4.69) is 0 Å². The number of thioether (sulfide) groups is 1. The van der Waals surface area contributed by atoms with Gasteiger partial charge in [-0.05, 0) is 67.1 Å². The predicted octanol–water partition coefficient (Wildman–Crippen LogP) is 7.29. The van der Waals surface area contributed by atoms with E-state index in [-0.39, 0.29) is 11.6 Å². The lowest BCUT2D eigenvalue weighted by atomic mass is 10.1. The number of methoxy groups -OCH3 is 1. The van der Waals surface area contributed by atoms with Crippen molar-refractivity contribution in [2.45, 2.75) is 13.8 Å². The molecule has 1 fully saturated rings. The number of furan rings is 1. The molecule has 4 aromatic rings. The highest BCUT2D eigenvalue weighted by Crippen LogP contribution is 2.40. The van der Waals surface area contributed by atoms with E-state index < -0.39 is 4.92 Å². The van der Waals surface area contributed by atoms with Crippen LogP contribution in [-0.2, 0) is 4.79 Å². The van der Waals surface area contributed by atoms with Crippen molar-refractivity contribution in [3.05, 3.63) is 111 Å². The lowest BCUT2D eigenvalue weighted by molar-refractivity contribution is -0.384. The van der Waals surface area contributed by atoms with Gasteiger partial charge in [-0.15, -0.1) is 0 Å². The molecule has 1 aromatic heterocycles. The Balaban J connectivity index is 1.54. The van der Waals surface area contributed by atoms with Gasteiger partial charge < -0.3 is 9.15 Å². The number of anilines is 1. The molecule has 1 amide bonds. The maximum atomic E-state index is 13.6. The van der Waals surface area contributed by atoms with Crippen molar-refractivity contribution in [2.75, 3.05) is 12.0 Å². The number of rotatable bonds is 6. The monoisotopic (exact) mass is 525 g/mol. The molecule has 2 heterocycles. The van der Waals surface area contributed by atoms with Crippen molar-refractivity contribution >= 4 is 46.0 Å². The third-order valence-corrected chi connectivity index (χ3v) is 7.00. The molecule has 38 heavy (non-hydrogen) atoms. The normalized spacial score (nSPS) is 15.4. The Morgan fingerprint density at radius 1 is 1.00 bits per heavy atom. The average molecular weight is 526 g/mol. The zero-order valence-corrected chi connectivity index (χ0v) is 21.7. The average Bonchev–Trinajstić information content (AvgIpc) is 3.50. The molecule has 1 aliphatic rings. The largest absolute Gasteiger partial charge is 0.496 e. The number of nitro groups is 1. The van der Waals surface area contributed by atoms with Gasteiger partial charge in [-0.1, -0.05) is 36.4 Å². The molecule has 1 saturated heterocycles. The number of ether oxygens (including phenoxy) is 1. The van der Waals surface area contributed by atoms with Gasteiger partial charge in [-0.25, -0.2) is 4.99 Å². The van der Waals surface area contributed by atoms with Crippen molar-refractivity contribution in [3.8, 4) is 17.1 Å². The summed E-state index contributed by atoms with van der Waals surface area (Å²) in [6, 6.07) is 23.0. The minimum Gasteiger partial charge on any atom is -0.496 e. The summed E-state index contributed by atoms with van der Waals surface area (Å²) in [7, 11) is 1.49. The number of carbonyl (C=O) groups excluding carboxylic acids is 1. The van der Waals surface area contributed by atoms with Crippen LogP contribution in [0.1, 0.15) is 16.9 Å². The Bertz CT molecular complexity index is 1590. The quantitative estimate of drug-likeness (QED) is 0.149. The number of para-hydroxylation sites is 2. The van der Waals surface area contributed by atoms with Crippen LogP contribution in [0.3, 0.4) is 0 Å². The number of nitro benzene ring substituents is 1. The van der Waals surface area contributed by atoms with Gasteiger partial charge in [0, 0.05) is 18.2 Å². The molecular weight excluding hydrogens is 502 g/mol. The van der Waals surface area contributed by atoms with Gasteiger partial charge in [-0.2, -0.15) is 0 Å². The molecule has 0 atom stereocenters. The number of aryl methyl sites for hydroxylation is 2. The standard InChI is InChI=1S/C29H23N3O5S/c1-18-8-7-9-19(2)27(18)30-29-31(20-10-5-4-6-11-20)28(33)26(38-29)17-22-13-15-25(37-22)23-16-21(32(34)35)12-14-24(23)36-3/h4-17H,1-3H3/b26-17-,30-29?. The number of nitrogens with zero attached hydrogens (tertiary/aromatic N) is 3. The molecule has 0 aliphatic carbocycles. The van der Waals surface area contributed by atoms with E-state index in [1.807, 2.05) is 62.4 Å². The van der Waals surface area contributed by atoms with Crippen molar-refractivity contribution in [2.24, 2.45) is 4.99 Å². The van der Waals surface area contributed by atoms with Gasteiger partial charge in [0.05, 0.1) is 33.9 Å². The second-order valence-electron chi connectivity index (χ2n) is 8.57. The van der Waals surface area contributed by atoms with Gasteiger partial charge in [0.1, 0.15) is 17.3 Å². The molecule has 0 saturated carbocycles. The lowest BCUT2D eigenvalue weighted by Crippen LogP contribution is -2.28. The summed E-state index contributed by atoms with van der Waals surface area (Å²) in [6.07, 6.45) is 1.66. The number of hydrogen-bond donors (Lipinski definition) is 0. The summed E-state index contributed by atoms with van der Waals surface area (Å²) >= 11 is 1.26. The summed E-state index contributed by atoms with van der Waals surface area (Å²) < 4.78 is 11.4. The third-order valence-electron chi connectivity index (χ3n) is 6.03. The maximum Gasteiger partial charge on any atom is 0.271 e. The first-order valence-electron chi connectivity index (χ1n) is 11.7. The number of aliphatic imine (C=N–C) groups is 1. The second kappa shape index (κ2) is 10.4. The van der Waals surface area contributed by atoms with Crippen molar-refractivity contribution < 1.29 is 18.9 Å². The van der Waals surface area contributed by atoms with Gasteiger partial charge >= 0.3 is 0 Å². The van der Waals surface area contributed by atoms with E-state index in [1.165, 1.54) is 37.1 Å². The SMILES string of the molecule is COc1ccc([N+](=O)[O-])cc1-c1ccc(/C=C2\SC(=Nc3c(C)cccc3C)N(c3ccccc3)C2=O)o1. The van der Waals surface area contributed by atoms with Crippen LogP contribution in [-0.4, -0.2) is 23.1 Å². The Hall–Kier alpha value is -4.63. The van der Waals surface area contributed by atoms with Crippen LogP contribution in [0.25, 0.3) is 17.4 Å². The van der Waals surface area contributed by atoms with Gasteiger partial charge in [0.15, 0.2) is 5.17 Å². The van der Waals surface area contributed by atoms with Crippen LogP contribution in [0.2, 0.25) is 0 Å². The highest BCUT2D eigenvalue weighted by Gasteiger charge is 2.35. The van der Waals surface area contributed by atoms with Crippen molar-refractivity contribution in [1.29, 1.82) is 0 Å². The van der Waals surface area contributed by atoms with Crippen LogP contribution in [0.4, 0.5) is 17.1 Å². The van der Waals surface area contributed by atoms with E-state index >= 15 is 0 Å². The van der Waals surface area contributed by atoms with E-state index in [1.54, 1.807) is 23.1 Å². The van der Waals surface area contributed by atoms with Crippen LogP contribution >= 0.6 is 11.8 Å². The first-order valence-corrected chi connectivity index (χ1v) is 12.5. The van der Waals surface area contributed by atoms with E-state index in [0.29, 0.717) is 38.6 Å². The minimum atomic E-state index is -0.474. The summed E-state index contributed by atoms with van der Waals surface area (Å²) in [5, 5.41) is 11.8. The lowest BCUT2D eigenvalue weighted by Gasteiger charge is -2.16. The maximum absolute atomic E-state index is 13.6. The molecule has 0 radical (unpaired) electrons. The smallest absolute Gasteiger partial charge is 0.271 e. The molecule has 9 heteroatoms. The zero-order chi connectivity index (χ0) is 26.8. The second-order valence-corrected chi connectivity index (χ2v) is 9.57. The number of hydrogen-bond acceptors (Lipinski definition) is 7. The number of amides is 1. The van der Waals surface area contributed by atoms with Crippen LogP contribution in [0, 0.1) is 24.0 Å². The number of non-ortho nitro benzene ring substituents is 1. The molecule has 3 aromatic carbocycles. The van der Waals surface area contributed by atoms with Crippen molar-refractivity contribution in [1.82, 2.24) is 0 Å². The number of carbonyl (C=O) groups is 1. The van der Waals surface area contributed by atoms with Gasteiger partial charge in [0.2, 0.25) is 0 Å². The Morgan fingerprint density at radius 3 is 2.42 bits per heavy atom. The summed E-state index contributed by atoms with van der Waals surface area (Å²) in [6.45, 7) is 3.98. The van der Waals surface area contributed by atoms with Crippen LogP contribution in [0.5, 0.6) is 5.75 Å². The molecule has 8 nitrogen and oxygen atoms in total. The predicted molar refractivity (Wildman–Crippen MR) is 150 cm³/mol. The summed E-state index contributed by atoms with van der Waals surface area (Å²) in [5.74, 6) is 1.02. The first kappa shape index (κ1) is 25.0. The van der Waals surface area contributed by atoms with Crippen LogP contribution < -0.4 is 9.64 Å². The van der Waals surface area contributed by atoms with E-state index in [4.69, 9.17) is 14.1 Å². The molecule has 0 bridgehead atoms. The molecule has 0 N–H and O–H groups in total. The fourth-order valence-corrected chi connectivity index (χ4v) is 5.10. The fraction of sp³-hybridized carbons (Fsp3) is 0.103. The molecule has 190 valence electrons. The van der Waals surface area contributed by atoms with E-state index in [9.17, 15) is 14.9 Å². The summed E-state index contributed by atoms with van der Waals surface area (Å²) in [5.41, 5.74) is 3.92. The molecular formula is C29H23N3O5S. The fourth-order valence-electron chi connectivity index (χ4n) is 4.14. The molecule has 0 spiro atoms. The minimum absolute atomic E-state index is 0.0792. The van der Waals surface area contributed by atoms with Crippen molar-refractivity contribution in [3.63, 3.8) is 0 Å². The zero-order valence-electron chi connectivity index (χ0n) is 20.9. The topological polar surface area (TPSA) is 98.2 Å². The molecule has 5 rings (SSSR count). The van der Waals surface area contributed by atoms with Crippen LogP contribution in [0.15, 0.2) is 93.2 Å². The molecule has 1 aliphatic heterocycles. The Morgan fingerprint density at radius 2 is 1.74 bits per heavy atom. The van der Waals surface area contributed by atoms with Gasteiger partial charge in [0.25, 0.3) is 11.6 Å². The summed E-state index contributed by atoms with van der Waals surface area (Å²) in [4.78, 5) is 31.3. The highest BCUT2D eigenvalue weighted by molar-refractivity contribution is 8.19. The number of amidine groups is 1. The number of benzene rings is 3. The Labute approximate surface area is 223 Å². The Kier molecular flexibility index (Phi) is 6.85. The highest BCUT2D eigenvalue weighted by atomic mass is 32.2. The van der Waals surface area contributed by atoms with E-state index in [0.717, 1.165) is 16.8 Å². The molecule has 0 unspecified atom stereocenters.